The van der Waals surface area contributed by atoms with Crippen LogP contribution in [0.5, 0.6) is 0 Å². The van der Waals surface area contributed by atoms with Crippen LogP contribution >= 0.6 is 15.9 Å². The van der Waals surface area contributed by atoms with Gasteiger partial charge in [-0.2, -0.15) is 0 Å². The molecule has 140 valence electrons. The number of nitrogens with zero attached hydrogens (tertiary/aromatic N) is 1. The molecule has 3 rings (SSSR count). The summed E-state index contributed by atoms with van der Waals surface area (Å²) >= 11 is 3.41. The lowest BCUT2D eigenvalue weighted by molar-refractivity contribution is -0.117. The molecule has 6 nitrogen and oxygen atoms in total. The third-order valence-corrected chi connectivity index (χ3v) is 5.26. The number of carbonyl (C=O) groups is 3. The molecule has 0 radical (unpaired) electrons. The predicted octanol–water partition coefficient (Wildman–Crippen LogP) is 3.25. The van der Waals surface area contributed by atoms with Crippen molar-refractivity contribution in [1.82, 2.24) is 5.32 Å². The van der Waals surface area contributed by atoms with Gasteiger partial charge in [0.25, 0.3) is 5.91 Å². The number of anilines is 2. The number of halogens is 1. The van der Waals surface area contributed by atoms with Gasteiger partial charge in [-0.3, -0.25) is 14.4 Å². The van der Waals surface area contributed by atoms with E-state index in [2.05, 4.69) is 26.6 Å². The zero-order valence-electron chi connectivity index (χ0n) is 14.9. The fourth-order valence-electron chi connectivity index (χ4n) is 2.90. The van der Waals surface area contributed by atoms with Gasteiger partial charge >= 0.3 is 0 Å². The molecule has 1 aliphatic heterocycles. The number of rotatable bonds is 5. The highest BCUT2D eigenvalue weighted by atomic mass is 79.9. The Morgan fingerprint density at radius 1 is 1.15 bits per heavy atom. The van der Waals surface area contributed by atoms with Crippen LogP contribution in [0.4, 0.5) is 11.4 Å². The van der Waals surface area contributed by atoms with Crippen molar-refractivity contribution in [3.63, 3.8) is 0 Å². The third kappa shape index (κ3) is 4.74. The average Bonchev–Trinajstić information content (AvgIpc) is 3.09. The first kappa shape index (κ1) is 19.1. The van der Waals surface area contributed by atoms with Crippen LogP contribution in [0.3, 0.4) is 0 Å². The molecule has 1 saturated heterocycles. The molecule has 1 heterocycles. The van der Waals surface area contributed by atoms with E-state index >= 15 is 0 Å². The van der Waals surface area contributed by atoms with Crippen molar-refractivity contribution in [1.29, 1.82) is 0 Å². The molecule has 27 heavy (non-hydrogen) atoms. The first-order valence-electron chi connectivity index (χ1n) is 8.68. The van der Waals surface area contributed by atoms with Gasteiger partial charge < -0.3 is 15.5 Å². The molecule has 7 heteroatoms. The molecule has 0 unspecified atom stereocenters. The molecule has 1 aliphatic rings. The van der Waals surface area contributed by atoms with E-state index in [1.54, 1.807) is 35.2 Å². The Hall–Kier alpha value is -2.67. The number of benzene rings is 2. The number of amides is 3. The van der Waals surface area contributed by atoms with Gasteiger partial charge in [0.2, 0.25) is 11.8 Å². The van der Waals surface area contributed by atoms with Crippen molar-refractivity contribution >= 4 is 45.0 Å². The van der Waals surface area contributed by atoms with Crippen molar-refractivity contribution in [2.75, 3.05) is 23.3 Å². The van der Waals surface area contributed by atoms with Crippen LogP contribution in [0.15, 0.2) is 46.9 Å². The molecule has 0 saturated carbocycles. The van der Waals surface area contributed by atoms with Crippen LogP contribution in [0.2, 0.25) is 0 Å². The molecule has 2 aromatic carbocycles. The summed E-state index contributed by atoms with van der Waals surface area (Å²) in [6.45, 7) is 2.52. The molecular weight excluding hydrogens is 410 g/mol. The lowest BCUT2D eigenvalue weighted by Crippen LogP contribution is -2.32. The van der Waals surface area contributed by atoms with E-state index in [9.17, 15) is 14.4 Å². The monoisotopic (exact) mass is 429 g/mol. The molecule has 2 aromatic rings. The number of aryl methyl sites for hydroxylation is 1. The summed E-state index contributed by atoms with van der Waals surface area (Å²) in [4.78, 5) is 37.7. The van der Waals surface area contributed by atoms with Crippen molar-refractivity contribution in [3.05, 3.63) is 58.1 Å². The van der Waals surface area contributed by atoms with Gasteiger partial charge in [-0.25, -0.2) is 0 Å². The third-order valence-electron chi connectivity index (χ3n) is 4.37. The quantitative estimate of drug-likeness (QED) is 0.765. The van der Waals surface area contributed by atoms with Gasteiger partial charge in [0.1, 0.15) is 0 Å². The van der Waals surface area contributed by atoms with Crippen molar-refractivity contribution in [2.45, 2.75) is 19.8 Å². The maximum absolute atomic E-state index is 12.2. The Morgan fingerprint density at radius 2 is 1.89 bits per heavy atom. The van der Waals surface area contributed by atoms with Crippen LogP contribution < -0.4 is 15.5 Å². The molecule has 1 fully saturated rings. The second kappa shape index (κ2) is 8.35. The van der Waals surface area contributed by atoms with Gasteiger partial charge in [0, 0.05) is 34.4 Å². The van der Waals surface area contributed by atoms with Gasteiger partial charge in [0.15, 0.2) is 0 Å². The smallest absolute Gasteiger partial charge is 0.251 e. The SMILES string of the molecule is Cc1cc(NC(=O)CNC(=O)c2ccc(N3CCCC3=O)cc2)ccc1Br. The largest absolute Gasteiger partial charge is 0.343 e. The van der Waals surface area contributed by atoms with Crippen LogP contribution in [0, 0.1) is 6.92 Å². The Morgan fingerprint density at radius 3 is 2.52 bits per heavy atom. The van der Waals surface area contributed by atoms with E-state index in [0.717, 1.165) is 22.1 Å². The average molecular weight is 430 g/mol. The Bertz CT molecular complexity index is 881. The molecule has 0 aromatic heterocycles. The molecule has 3 amide bonds. The molecule has 0 spiro atoms. The summed E-state index contributed by atoms with van der Waals surface area (Å²) in [6, 6.07) is 12.3. The highest BCUT2D eigenvalue weighted by molar-refractivity contribution is 9.10. The van der Waals surface area contributed by atoms with Crippen molar-refractivity contribution in [2.24, 2.45) is 0 Å². The Balaban J connectivity index is 1.53. The normalized spacial score (nSPS) is 13.6. The number of hydrogen-bond donors (Lipinski definition) is 2. The lowest BCUT2D eigenvalue weighted by atomic mass is 10.2. The number of nitrogens with one attached hydrogen (secondary N) is 2. The topological polar surface area (TPSA) is 78.5 Å². The fraction of sp³-hybridized carbons (Fsp3) is 0.250. The van der Waals surface area contributed by atoms with Crippen LogP contribution in [-0.4, -0.2) is 30.8 Å². The summed E-state index contributed by atoms with van der Waals surface area (Å²) in [6.07, 6.45) is 1.42. The summed E-state index contributed by atoms with van der Waals surface area (Å²) < 4.78 is 0.966. The summed E-state index contributed by atoms with van der Waals surface area (Å²) in [5, 5.41) is 5.35. The minimum atomic E-state index is -0.337. The highest BCUT2D eigenvalue weighted by Crippen LogP contribution is 2.22. The van der Waals surface area contributed by atoms with E-state index in [1.165, 1.54) is 0 Å². The number of hydrogen-bond acceptors (Lipinski definition) is 3. The van der Waals surface area contributed by atoms with Crippen LogP contribution in [-0.2, 0) is 9.59 Å². The molecule has 0 bridgehead atoms. The molecule has 2 N–H and O–H groups in total. The zero-order chi connectivity index (χ0) is 19.4. The van der Waals surface area contributed by atoms with E-state index in [-0.39, 0.29) is 24.3 Å². The second-order valence-corrected chi connectivity index (χ2v) is 7.24. The van der Waals surface area contributed by atoms with Crippen molar-refractivity contribution < 1.29 is 14.4 Å². The second-order valence-electron chi connectivity index (χ2n) is 6.39. The Kier molecular flexibility index (Phi) is 5.91. The van der Waals surface area contributed by atoms with E-state index in [4.69, 9.17) is 0 Å². The molecular formula is C20H20BrN3O3. The molecule has 0 atom stereocenters. The maximum Gasteiger partial charge on any atom is 0.251 e. The van der Waals surface area contributed by atoms with Crippen LogP contribution in [0.25, 0.3) is 0 Å². The minimum Gasteiger partial charge on any atom is -0.343 e. The predicted molar refractivity (Wildman–Crippen MR) is 108 cm³/mol. The molecule has 0 aliphatic carbocycles. The fourth-order valence-corrected chi connectivity index (χ4v) is 3.15. The van der Waals surface area contributed by atoms with Crippen molar-refractivity contribution in [3.8, 4) is 0 Å². The minimum absolute atomic E-state index is 0.104. The van der Waals surface area contributed by atoms with Gasteiger partial charge in [-0.15, -0.1) is 0 Å². The van der Waals surface area contributed by atoms with Gasteiger partial charge in [-0.05, 0) is 61.4 Å². The number of carbonyl (C=O) groups excluding carboxylic acids is 3. The first-order valence-corrected chi connectivity index (χ1v) is 9.48. The van der Waals surface area contributed by atoms with Crippen LogP contribution in [0.1, 0.15) is 28.8 Å². The van der Waals surface area contributed by atoms with E-state index < -0.39 is 0 Å². The van der Waals surface area contributed by atoms with E-state index in [1.807, 2.05) is 19.1 Å². The highest BCUT2D eigenvalue weighted by Gasteiger charge is 2.21. The Labute approximate surface area is 166 Å². The zero-order valence-corrected chi connectivity index (χ0v) is 16.5. The summed E-state index contributed by atoms with van der Waals surface area (Å²) in [7, 11) is 0. The summed E-state index contributed by atoms with van der Waals surface area (Å²) in [5.41, 5.74) is 2.91. The standard InChI is InChI=1S/C20H20BrN3O3/c1-13-11-15(6-9-17(13)21)23-18(25)12-22-20(27)14-4-7-16(8-5-14)24-10-2-3-19(24)26/h4-9,11H,2-3,10,12H2,1H3,(H,22,27)(H,23,25). The maximum atomic E-state index is 12.2. The lowest BCUT2D eigenvalue weighted by Gasteiger charge is -2.15. The van der Waals surface area contributed by atoms with Gasteiger partial charge in [0.05, 0.1) is 6.54 Å². The first-order chi connectivity index (χ1) is 12.9. The van der Waals surface area contributed by atoms with E-state index in [0.29, 0.717) is 24.2 Å². The van der Waals surface area contributed by atoms with Gasteiger partial charge in [-0.1, -0.05) is 15.9 Å². The summed E-state index contributed by atoms with van der Waals surface area (Å²) in [5.74, 6) is -0.534.